The Balaban J connectivity index is 0.00000114. The lowest BCUT2D eigenvalue weighted by atomic mass is 9.65. The zero-order valence-corrected chi connectivity index (χ0v) is 20.1. The van der Waals surface area contributed by atoms with Gasteiger partial charge in [0, 0.05) is 10.9 Å². The summed E-state index contributed by atoms with van der Waals surface area (Å²) in [6.07, 6.45) is 4.72. The van der Waals surface area contributed by atoms with Crippen molar-refractivity contribution in [1.82, 2.24) is 0 Å². The van der Waals surface area contributed by atoms with Gasteiger partial charge in [-0.05, 0) is 68.6 Å². The van der Waals surface area contributed by atoms with Crippen LogP contribution in [0.25, 0.3) is 0 Å². The average molecular weight is 473 g/mol. The van der Waals surface area contributed by atoms with Crippen LogP contribution in [0.15, 0.2) is 18.2 Å². The van der Waals surface area contributed by atoms with E-state index in [-0.39, 0.29) is 30.0 Å². The summed E-state index contributed by atoms with van der Waals surface area (Å²) in [7, 11) is 1.18. The summed E-state index contributed by atoms with van der Waals surface area (Å²) in [4.78, 5) is 14.4. The Bertz CT molecular complexity index is 726. The minimum atomic E-state index is -0.996. The van der Waals surface area contributed by atoms with Crippen LogP contribution in [0, 0.1) is 23.7 Å². The fourth-order valence-corrected chi connectivity index (χ4v) is 5.44. The lowest BCUT2D eigenvalue weighted by molar-refractivity contribution is -0.248. The van der Waals surface area contributed by atoms with Crippen LogP contribution >= 0.6 is 11.6 Å². The minimum absolute atomic E-state index is 0.168. The van der Waals surface area contributed by atoms with Crippen molar-refractivity contribution in [3.63, 3.8) is 0 Å². The van der Waals surface area contributed by atoms with E-state index in [9.17, 15) is 9.90 Å². The second kappa shape index (κ2) is 12.9. The molecule has 3 N–H and O–H groups in total. The fraction of sp³-hybridized carbons (Fsp3) is 0.708. The third-order valence-electron chi connectivity index (χ3n) is 6.80. The zero-order chi connectivity index (χ0) is 23.8. The molecule has 32 heavy (non-hydrogen) atoms. The van der Waals surface area contributed by atoms with Crippen LogP contribution in [0.4, 0.5) is 0 Å². The number of hydrogen-bond donors (Lipinski definition) is 3. The standard InChI is InChI=1S/C23H33ClO5.CH4O2/c1-13(25)7-8-16-5-4-6-18-14(2)23(28-12-20(16)18)29-15(3)19-10-9-17(22(26)27)11-21(19)24;1-3-2/h9-11,13-16,18,20,23,25H,4-8,12H2,1-3H3,(H,26,27);2H,1H3/t13?,14-,15?,16-,18+,20?,23-;/m1./s1. The molecule has 0 amide bonds. The van der Waals surface area contributed by atoms with Gasteiger partial charge in [-0.25, -0.2) is 9.68 Å². The molecular formula is C24H37ClO7. The van der Waals surface area contributed by atoms with Crippen LogP contribution in [0.5, 0.6) is 0 Å². The molecule has 1 heterocycles. The molecule has 0 radical (unpaired) electrons. The molecule has 0 spiro atoms. The first-order chi connectivity index (χ1) is 15.2. The summed E-state index contributed by atoms with van der Waals surface area (Å²) in [6, 6.07) is 4.74. The first-order valence-electron chi connectivity index (χ1n) is 11.3. The van der Waals surface area contributed by atoms with E-state index in [0.29, 0.717) is 29.4 Å². The maximum absolute atomic E-state index is 11.1. The molecule has 2 aliphatic rings. The van der Waals surface area contributed by atoms with Crippen molar-refractivity contribution in [3.8, 4) is 0 Å². The van der Waals surface area contributed by atoms with Gasteiger partial charge in [0.05, 0.1) is 31.5 Å². The van der Waals surface area contributed by atoms with Crippen molar-refractivity contribution in [2.75, 3.05) is 13.7 Å². The number of carbonyl (C=O) groups is 1. The highest BCUT2D eigenvalue weighted by atomic mass is 35.5. The first kappa shape index (κ1) is 27.0. The monoisotopic (exact) mass is 472 g/mol. The second-order valence-electron chi connectivity index (χ2n) is 9.01. The molecule has 1 saturated heterocycles. The highest BCUT2D eigenvalue weighted by Gasteiger charge is 2.43. The Morgan fingerprint density at radius 3 is 2.56 bits per heavy atom. The molecule has 7 atom stereocenters. The topological polar surface area (TPSA) is 105 Å². The number of aliphatic hydroxyl groups excluding tert-OH is 1. The number of benzene rings is 1. The molecule has 3 unspecified atom stereocenters. The van der Waals surface area contributed by atoms with Crippen molar-refractivity contribution in [1.29, 1.82) is 0 Å². The van der Waals surface area contributed by atoms with E-state index < -0.39 is 5.97 Å². The van der Waals surface area contributed by atoms with Crippen LogP contribution in [0.1, 0.15) is 74.9 Å². The smallest absolute Gasteiger partial charge is 0.335 e. The van der Waals surface area contributed by atoms with Crippen molar-refractivity contribution in [3.05, 3.63) is 34.3 Å². The van der Waals surface area contributed by atoms with E-state index in [1.807, 2.05) is 13.8 Å². The van der Waals surface area contributed by atoms with Gasteiger partial charge in [-0.2, -0.15) is 0 Å². The highest BCUT2D eigenvalue weighted by Crippen LogP contribution is 2.46. The number of aliphatic hydroxyl groups is 1. The van der Waals surface area contributed by atoms with Gasteiger partial charge in [0.25, 0.3) is 0 Å². The summed E-state index contributed by atoms with van der Waals surface area (Å²) >= 11 is 6.31. The van der Waals surface area contributed by atoms with Gasteiger partial charge in [-0.15, -0.1) is 0 Å². The van der Waals surface area contributed by atoms with E-state index in [2.05, 4.69) is 11.8 Å². The summed E-state index contributed by atoms with van der Waals surface area (Å²) in [5, 5.41) is 26.2. The zero-order valence-electron chi connectivity index (χ0n) is 19.4. The predicted octanol–water partition coefficient (Wildman–Crippen LogP) is 5.41. The van der Waals surface area contributed by atoms with Crippen molar-refractivity contribution >= 4 is 17.6 Å². The summed E-state index contributed by atoms with van der Waals surface area (Å²) < 4.78 is 12.4. The van der Waals surface area contributed by atoms with Gasteiger partial charge >= 0.3 is 5.97 Å². The third kappa shape index (κ3) is 7.14. The SMILES string of the molecule is CC(O)CC[C@H]1CCC[C@@H]2C1CO[C@H](OC(C)c1ccc(C(=O)O)cc1Cl)[C@@H]2C.COO. The van der Waals surface area contributed by atoms with Gasteiger partial charge in [-0.1, -0.05) is 37.4 Å². The lowest BCUT2D eigenvalue weighted by Gasteiger charge is -2.48. The predicted molar refractivity (Wildman–Crippen MR) is 122 cm³/mol. The van der Waals surface area contributed by atoms with Gasteiger partial charge in [0.15, 0.2) is 6.29 Å². The van der Waals surface area contributed by atoms with Gasteiger partial charge < -0.3 is 19.7 Å². The van der Waals surface area contributed by atoms with Gasteiger partial charge in [-0.3, -0.25) is 5.26 Å². The maximum Gasteiger partial charge on any atom is 0.335 e. The van der Waals surface area contributed by atoms with Crippen LogP contribution < -0.4 is 0 Å². The number of halogens is 1. The molecule has 1 aromatic carbocycles. The number of carboxylic acids is 1. The molecule has 1 saturated carbocycles. The van der Waals surface area contributed by atoms with E-state index in [1.54, 1.807) is 12.1 Å². The minimum Gasteiger partial charge on any atom is -0.478 e. The number of aromatic carboxylic acids is 1. The van der Waals surface area contributed by atoms with Crippen molar-refractivity contribution < 1.29 is 34.6 Å². The second-order valence-corrected chi connectivity index (χ2v) is 9.42. The Morgan fingerprint density at radius 2 is 1.97 bits per heavy atom. The number of rotatable bonds is 7. The van der Waals surface area contributed by atoms with E-state index in [0.717, 1.165) is 18.4 Å². The molecule has 0 aromatic heterocycles. The Hall–Kier alpha value is -1.22. The lowest BCUT2D eigenvalue weighted by Crippen LogP contribution is -2.47. The van der Waals surface area contributed by atoms with Crippen LogP contribution in [-0.2, 0) is 14.4 Å². The molecule has 0 bridgehead atoms. The van der Waals surface area contributed by atoms with Gasteiger partial charge in [0.1, 0.15) is 0 Å². The first-order valence-corrected chi connectivity index (χ1v) is 11.7. The van der Waals surface area contributed by atoms with Gasteiger partial charge in [0.2, 0.25) is 0 Å². The number of fused-ring (bicyclic) bond motifs is 1. The molecule has 182 valence electrons. The highest BCUT2D eigenvalue weighted by molar-refractivity contribution is 6.31. The molecule has 7 nitrogen and oxygen atoms in total. The Morgan fingerprint density at radius 1 is 1.28 bits per heavy atom. The average Bonchev–Trinajstić information content (AvgIpc) is 2.74. The van der Waals surface area contributed by atoms with Crippen molar-refractivity contribution in [2.45, 2.75) is 71.4 Å². The van der Waals surface area contributed by atoms with E-state index in [4.69, 9.17) is 31.4 Å². The summed E-state index contributed by atoms with van der Waals surface area (Å²) in [5.74, 6) is 0.999. The van der Waals surface area contributed by atoms with Crippen LogP contribution in [0.2, 0.25) is 5.02 Å². The molecule has 1 aliphatic carbocycles. The molecule has 1 aromatic rings. The number of ether oxygens (including phenoxy) is 2. The Labute approximate surface area is 195 Å². The summed E-state index contributed by atoms with van der Waals surface area (Å²) in [5.41, 5.74) is 0.939. The molecule has 8 heteroatoms. The number of carboxylic acid groups (broad SMARTS) is 1. The van der Waals surface area contributed by atoms with Crippen LogP contribution in [0.3, 0.4) is 0 Å². The van der Waals surface area contributed by atoms with E-state index >= 15 is 0 Å². The fourth-order valence-electron chi connectivity index (χ4n) is 5.11. The number of hydrogen-bond acceptors (Lipinski definition) is 6. The molecular weight excluding hydrogens is 436 g/mol. The van der Waals surface area contributed by atoms with Crippen molar-refractivity contribution in [2.24, 2.45) is 23.7 Å². The van der Waals surface area contributed by atoms with E-state index in [1.165, 1.54) is 32.4 Å². The molecule has 2 fully saturated rings. The van der Waals surface area contributed by atoms with Crippen LogP contribution in [-0.4, -0.2) is 47.6 Å². The maximum atomic E-state index is 11.1. The largest absolute Gasteiger partial charge is 0.478 e. The Kier molecular flexibility index (Phi) is 10.9. The normalized spacial score (nSPS) is 29.3. The quantitative estimate of drug-likeness (QED) is 0.360. The summed E-state index contributed by atoms with van der Waals surface area (Å²) in [6.45, 7) is 6.69. The molecule has 1 aliphatic heterocycles. The molecule has 3 rings (SSSR count). The third-order valence-corrected chi connectivity index (χ3v) is 7.13.